The Morgan fingerprint density at radius 2 is 2.18 bits per heavy atom. The lowest BCUT2D eigenvalue weighted by Gasteiger charge is -2.20. The molecule has 0 unspecified atom stereocenters. The van der Waals surface area contributed by atoms with E-state index < -0.39 is 30.3 Å². The number of hydrogen-bond donors (Lipinski definition) is 2. The van der Waals surface area contributed by atoms with Gasteiger partial charge in [-0.25, -0.2) is 0 Å². The highest BCUT2D eigenvalue weighted by Crippen LogP contribution is 2.35. The van der Waals surface area contributed by atoms with Gasteiger partial charge < -0.3 is 19.9 Å². The molecule has 2 atom stereocenters. The Hall–Kier alpha value is -4.08. The van der Waals surface area contributed by atoms with E-state index in [1.807, 2.05) is 6.07 Å². The van der Waals surface area contributed by atoms with Gasteiger partial charge in [-0.3, -0.25) is 9.48 Å². The summed E-state index contributed by atoms with van der Waals surface area (Å²) < 4.78 is 46.9. The summed E-state index contributed by atoms with van der Waals surface area (Å²) in [6, 6.07) is 2.02. The van der Waals surface area contributed by atoms with Gasteiger partial charge in [0.05, 0.1) is 29.4 Å². The van der Waals surface area contributed by atoms with Crippen molar-refractivity contribution in [2.24, 2.45) is 18.9 Å². The predicted octanol–water partition coefficient (Wildman–Crippen LogP) is 2.90. The van der Waals surface area contributed by atoms with Crippen LogP contribution in [0.25, 0.3) is 11.0 Å². The van der Waals surface area contributed by atoms with Crippen LogP contribution >= 0.6 is 0 Å². The maximum absolute atomic E-state index is 13.1. The van der Waals surface area contributed by atoms with Crippen LogP contribution in [0.2, 0.25) is 0 Å². The first kappa shape index (κ1) is 23.1. The molecule has 1 amide bonds. The van der Waals surface area contributed by atoms with Crippen LogP contribution in [0.5, 0.6) is 5.88 Å². The number of fused-ring (bicyclic) bond motifs is 1. The highest BCUT2D eigenvalue weighted by atomic mass is 19.4. The van der Waals surface area contributed by atoms with Crippen LogP contribution in [-0.4, -0.2) is 61.4 Å². The Bertz CT molecular complexity index is 1260. The SMILES string of the molecule is C=CC(=O)N1C[C@@H](COc2nc(Nc3cnn(C)c3)nc3[nH]cc(C#N)c23)[C@H](CC(F)(F)F)C1. The van der Waals surface area contributed by atoms with E-state index in [1.54, 1.807) is 24.1 Å². The number of hydrogen-bond acceptors (Lipinski definition) is 7. The Morgan fingerprint density at radius 3 is 2.82 bits per heavy atom. The van der Waals surface area contributed by atoms with E-state index in [1.165, 1.54) is 11.1 Å². The number of likely N-dealkylation sites (tertiary alicyclic amines) is 1. The van der Waals surface area contributed by atoms with Crippen molar-refractivity contribution in [1.29, 1.82) is 5.26 Å². The van der Waals surface area contributed by atoms with Crippen molar-refractivity contribution in [2.75, 3.05) is 25.0 Å². The molecule has 0 aliphatic carbocycles. The number of anilines is 2. The number of carbonyl (C=O) groups excluding carboxylic acids is 1. The average molecular weight is 474 g/mol. The average Bonchev–Trinajstić information content (AvgIpc) is 3.49. The zero-order valence-corrected chi connectivity index (χ0v) is 18.1. The third-order valence-corrected chi connectivity index (χ3v) is 5.57. The molecular weight excluding hydrogens is 453 g/mol. The molecule has 10 nitrogen and oxygen atoms in total. The number of carbonyl (C=O) groups is 1. The molecule has 1 saturated heterocycles. The maximum atomic E-state index is 13.1. The van der Waals surface area contributed by atoms with Gasteiger partial charge in [0.2, 0.25) is 17.7 Å². The smallest absolute Gasteiger partial charge is 0.389 e. The first-order valence-corrected chi connectivity index (χ1v) is 10.3. The van der Waals surface area contributed by atoms with Crippen molar-refractivity contribution in [3.8, 4) is 11.9 Å². The van der Waals surface area contributed by atoms with Gasteiger partial charge in [0.15, 0.2) is 0 Å². The highest BCUT2D eigenvalue weighted by molar-refractivity contribution is 5.88. The number of alkyl halides is 3. The van der Waals surface area contributed by atoms with Crippen LogP contribution in [0.1, 0.15) is 12.0 Å². The van der Waals surface area contributed by atoms with Gasteiger partial charge >= 0.3 is 6.18 Å². The Kier molecular flexibility index (Phi) is 6.14. The molecule has 0 saturated carbocycles. The van der Waals surface area contributed by atoms with Crippen molar-refractivity contribution in [3.63, 3.8) is 0 Å². The molecule has 1 aliphatic heterocycles. The van der Waals surface area contributed by atoms with Crippen molar-refractivity contribution in [3.05, 3.63) is 36.8 Å². The second-order valence-corrected chi connectivity index (χ2v) is 8.02. The number of H-pyrrole nitrogens is 1. The summed E-state index contributed by atoms with van der Waals surface area (Å²) in [5.74, 6) is -1.65. The van der Waals surface area contributed by atoms with Crippen LogP contribution in [0.4, 0.5) is 24.8 Å². The minimum Gasteiger partial charge on any atom is -0.477 e. The minimum absolute atomic E-state index is 0.0427. The van der Waals surface area contributed by atoms with Crippen molar-refractivity contribution in [1.82, 2.24) is 29.6 Å². The van der Waals surface area contributed by atoms with Crippen LogP contribution < -0.4 is 10.1 Å². The van der Waals surface area contributed by atoms with E-state index >= 15 is 0 Å². The monoisotopic (exact) mass is 474 g/mol. The number of aryl methyl sites for hydroxylation is 1. The summed E-state index contributed by atoms with van der Waals surface area (Å²) in [5, 5.41) is 16.8. The Balaban J connectivity index is 1.60. The molecule has 178 valence electrons. The van der Waals surface area contributed by atoms with Crippen molar-refractivity contribution in [2.45, 2.75) is 12.6 Å². The molecule has 0 aromatic carbocycles. The molecular formula is C21H21F3N8O2. The second kappa shape index (κ2) is 9.05. The third-order valence-electron chi connectivity index (χ3n) is 5.57. The first-order chi connectivity index (χ1) is 16.2. The fourth-order valence-corrected chi connectivity index (χ4v) is 4.01. The van der Waals surface area contributed by atoms with Gasteiger partial charge in [-0.1, -0.05) is 6.58 Å². The van der Waals surface area contributed by atoms with E-state index in [0.29, 0.717) is 16.7 Å². The number of halogens is 3. The standard InChI is InChI=1S/C21H21F3N8O2/c1-3-16(33)32-8-12(4-21(22,23)24)14(9-32)11-34-19-17-13(5-25)6-26-18(17)29-20(30-19)28-15-7-27-31(2)10-15/h3,6-7,10,12,14H,1,4,8-9,11H2,2H3,(H2,26,28,29,30)/t12-,14+/m1/s1. The van der Waals surface area contributed by atoms with E-state index in [4.69, 9.17) is 4.74 Å². The molecule has 0 radical (unpaired) electrons. The number of nitriles is 1. The molecule has 1 aliphatic rings. The highest BCUT2D eigenvalue weighted by Gasteiger charge is 2.42. The lowest BCUT2D eigenvalue weighted by molar-refractivity contribution is -0.147. The molecule has 1 fully saturated rings. The zero-order chi connectivity index (χ0) is 24.5. The summed E-state index contributed by atoms with van der Waals surface area (Å²) in [6.07, 6.45) is 0.379. The molecule has 2 N–H and O–H groups in total. The number of aromatic amines is 1. The quantitative estimate of drug-likeness (QED) is 0.505. The topological polar surface area (TPSA) is 125 Å². The number of rotatable bonds is 7. The minimum atomic E-state index is -4.38. The van der Waals surface area contributed by atoms with E-state index in [2.05, 4.69) is 31.9 Å². The second-order valence-electron chi connectivity index (χ2n) is 8.02. The normalized spacial score (nSPS) is 18.1. The van der Waals surface area contributed by atoms with E-state index in [-0.39, 0.29) is 37.1 Å². The number of amides is 1. The van der Waals surface area contributed by atoms with Crippen LogP contribution in [0, 0.1) is 23.2 Å². The van der Waals surface area contributed by atoms with E-state index in [0.717, 1.165) is 6.08 Å². The van der Waals surface area contributed by atoms with Gasteiger partial charge in [-0.15, -0.1) is 0 Å². The number of nitrogens with one attached hydrogen (secondary N) is 2. The summed E-state index contributed by atoms with van der Waals surface area (Å²) in [5.41, 5.74) is 1.17. The number of nitrogens with zero attached hydrogens (tertiary/aromatic N) is 6. The zero-order valence-electron chi connectivity index (χ0n) is 18.1. The summed E-state index contributed by atoms with van der Waals surface area (Å²) in [6.45, 7) is 3.33. The van der Waals surface area contributed by atoms with Gasteiger partial charge in [0.25, 0.3) is 0 Å². The molecule has 0 bridgehead atoms. The van der Waals surface area contributed by atoms with Gasteiger partial charge in [-0.2, -0.15) is 33.5 Å². The maximum Gasteiger partial charge on any atom is 0.389 e. The van der Waals surface area contributed by atoms with Crippen LogP contribution in [0.3, 0.4) is 0 Å². The predicted molar refractivity (Wildman–Crippen MR) is 115 cm³/mol. The lowest BCUT2D eigenvalue weighted by atomic mass is 9.93. The van der Waals surface area contributed by atoms with Crippen LogP contribution in [0.15, 0.2) is 31.2 Å². The van der Waals surface area contributed by atoms with Gasteiger partial charge in [0, 0.05) is 44.9 Å². The lowest BCUT2D eigenvalue weighted by Crippen LogP contribution is -2.27. The van der Waals surface area contributed by atoms with E-state index in [9.17, 15) is 23.2 Å². The van der Waals surface area contributed by atoms with Crippen molar-refractivity contribution < 1.29 is 22.7 Å². The fourth-order valence-electron chi connectivity index (χ4n) is 4.01. The molecule has 13 heteroatoms. The molecule has 4 rings (SSSR count). The summed E-state index contributed by atoms with van der Waals surface area (Å²) >= 11 is 0. The summed E-state index contributed by atoms with van der Waals surface area (Å²) in [7, 11) is 1.74. The van der Waals surface area contributed by atoms with Gasteiger partial charge in [0.1, 0.15) is 11.7 Å². The number of aromatic nitrogens is 5. The summed E-state index contributed by atoms with van der Waals surface area (Å²) in [4.78, 5) is 24.9. The third kappa shape index (κ3) is 4.95. The van der Waals surface area contributed by atoms with Gasteiger partial charge in [-0.05, 0) is 12.0 Å². The Morgan fingerprint density at radius 1 is 1.41 bits per heavy atom. The Labute approximate surface area is 192 Å². The molecule has 3 aromatic heterocycles. The largest absolute Gasteiger partial charge is 0.477 e. The fraction of sp³-hybridized carbons (Fsp3) is 0.381. The molecule has 0 spiro atoms. The van der Waals surface area contributed by atoms with Crippen LogP contribution in [-0.2, 0) is 11.8 Å². The van der Waals surface area contributed by atoms with Crippen molar-refractivity contribution >= 4 is 28.6 Å². The number of ether oxygens (including phenoxy) is 1. The first-order valence-electron chi connectivity index (χ1n) is 10.3. The molecule has 34 heavy (non-hydrogen) atoms. The molecule has 4 heterocycles. The molecule has 3 aromatic rings.